The van der Waals surface area contributed by atoms with Crippen LogP contribution in [-0.2, 0) is 9.47 Å². The smallest absolute Gasteiger partial charge is 0.0587 e. The summed E-state index contributed by atoms with van der Waals surface area (Å²) in [7, 11) is 1.72. The Bertz CT molecular complexity index is 374. The van der Waals surface area contributed by atoms with Gasteiger partial charge in [-0.1, -0.05) is 37.1 Å². The van der Waals surface area contributed by atoms with E-state index in [0.717, 1.165) is 50.8 Å². The van der Waals surface area contributed by atoms with Gasteiger partial charge in [0.05, 0.1) is 6.61 Å². The summed E-state index contributed by atoms with van der Waals surface area (Å²) in [5.74, 6) is 0.419. The van der Waals surface area contributed by atoms with Gasteiger partial charge in [-0.15, -0.1) is 0 Å². The van der Waals surface area contributed by atoms with Gasteiger partial charge in [-0.3, -0.25) is 0 Å². The molecule has 0 saturated carbocycles. The first-order chi connectivity index (χ1) is 10.3. The third kappa shape index (κ3) is 8.42. The van der Waals surface area contributed by atoms with Crippen molar-refractivity contribution in [3.63, 3.8) is 0 Å². The summed E-state index contributed by atoms with van der Waals surface area (Å²) < 4.78 is 10.8. The highest BCUT2D eigenvalue weighted by atomic mass is 35.5. The van der Waals surface area contributed by atoms with Gasteiger partial charge in [-0.05, 0) is 36.5 Å². The highest BCUT2D eigenvalue weighted by Crippen LogP contribution is 2.22. The second kappa shape index (κ2) is 12.0. The third-order valence-electron chi connectivity index (χ3n) is 3.45. The van der Waals surface area contributed by atoms with Crippen molar-refractivity contribution in [2.75, 3.05) is 40.0 Å². The lowest BCUT2D eigenvalue weighted by Crippen LogP contribution is -2.26. The quantitative estimate of drug-likeness (QED) is 0.594. The average Bonchev–Trinajstić information content (AvgIpc) is 2.49. The molecule has 1 aromatic rings. The lowest BCUT2D eigenvalue weighted by Gasteiger charge is -2.18. The van der Waals surface area contributed by atoms with E-state index in [2.05, 4.69) is 24.4 Å². The Hall–Kier alpha value is -0.610. The number of ether oxygens (including phenoxy) is 2. The molecule has 1 unspecified atom stereocenters. The van der Waals surface area contributed by atoms with Crippen molar-refractivity contribution in [3.8, 4) is 0 Å². The minimum Gasteiger partial charge on any atom is -0.383 e. The van der Waals surface area contributed by atoms with E-state index >= 15 is 0 Å². The van der Waals surface area contributed by atoms with Crippen LogP contribution in [0.1, 0.15) is 37.7 Å². The van der Waals surface area contributed by atoms with E-state index in [0.29, 0.717) is 5.92 Å². The van der Waals surface area contributed by atoms with Crippen LogP contribution in [-0.4, -0.2) is 40.0 Å². The molecule has 0 fully saturated rings. The summed E-state index contributed by atoms with van der Waals surface area (Å²) in [6, 6.07) is 8.12. The van der Waals surface area contributed by atoms with Gasteiger partial charge >= 0.3 is 0 Å². The number of unbranched alkanes of at least 4 members (excludes halogenated alkanes) is 1. The number of nitrogens with one attached hydrogen (secondary N) is 1. The molecule has 1 aromatic carbocycles. The zero-order valence-corrected chi connectivity index (χ0v) is 14.0. The van der Waals surface area contributed by atoms with Crippen LogP contribution >= 0.6 is 11.6 Å². The monoisotopic (exact) mass is 313 g/mol. The fourth-order valence-electron chi connectivity index (χ4n) is 2.17. The van der Waals surface area contributed by atoms with Crippen LogP contribution in [0.15, 0.2) is 24.3 Å². The van der Waals surface area contributed by atoms with Crippen LogP contribution in [0.25, 0.3) is 0 Å². The SMILES string of the molecule is CCCCOCCC(CNCCOC)c1cccc(Cl)c1. The van der Waals surface area contributed by atoms with E-state index in [4.69, 9.17) is 21.1 Å². The van der Waals surface area contributed by atoms with Crippen LogP contribution in [0.3, 0.4) is 0 Å². The highest BCUT2D eigenvalue weighted by molar-refractivity contribution is 6.30. The van der Waals surface area contributed by atoms with E-state index in [9.17, 15) is 0 Å². The first-order valence-corrected chi connectivity index (χ1v) is 8.18. The van der Waals surface area contributed by atoms with Crippen molar-refractivity contribution in [2.45, 2.75) is 32.1 Å². The predicted octanol–water partition coefficient (Wildman–Crippen LogP) is 3.87. The van der Waals surface area contributed by atoms with E-state index in [1.807, 2.05) is 12.1 Å². The van der Waals surface area contributed by atoms with Gasteiger partial charge < -0.3 is 14.8 Å². The topological polar surface area (TPSA) is 30.5 Å². The molecular weight excluding hydrogens is 286 g/mol. The first kappa shape index (κ1) is 18.4. The molecule has 0 amide bonds. The molecule has 0 bridgehead atoms. The summed E-state index contributed by atoms with van der Waals surface area (Å²) >= 11 is 6.10. The van der Waals surface area contributed by atoms with Gasteiger partial charge in [0.15, 0.2) is 0 Å². The molecule has 120 valence electrons. The fraction of sp³-hybridized carbons (Fsp3) is 0.647. The molecule has 0 aliphatic carbocycles. The molecule has 0 aliphatic rings. The first-order valence-electron chi connectivity index (χ1n) is 7.80. The van der Waals surface area contributed by atoms with Crippen molar-refractivity contribution in [2.24, 2.45) is 0 Å². The zero-order valence-electron chi connectivity index (χ0n) is 13.2. The number of rotatable bonds is 12. The van der Waals surface area contributed by atoms with Gasteiger partial charge in [0.25, 0.3) is 0 Å². The summed E-state index contributed by atoms with van der Waals surface area (Å²) in [5, 5.41) is 4.23. The summed E-state index contributed by atoms with van der Waals surface area (Å²) in [6.45, 7) is 6.34. The molecular formula is C17H28ClNO2. The molecule has 3 nitrogen and oxygen atoms in total. The Kier molecular flexibility index (Phi) is 10.5. The Morgan fingerprint density at radius 3 is 2.81 bits per heavy atom. The lowest BCUT2D eigenvalue weighted by atomic mass is 9.96. The van der Waals surface area contributed by atoms with Crippen LogP contribution in [0.4, 0.5) is 0 Å². The molecule has 0 aromatic heterocycles. The Morgan fingerprint density at radius 1 is 1.24 bits per heavy atom. The van der Waals surface area contributed by atoms with Crippen molar-refractivity contribution in [3.05, 3.63) is 34.9 Å². The maximum atomic E-state index is 6.10. The maximum absolute atomic E-state index is 6.10. The van der Waals surface area contributed by atoms with E-state index in [-0.39, 0.29) is 0 Å². The summed E-state index contributed by atoms with van der Waals surface area (Å²) in [5.41, 5.74) is 1.27. The molecule has 0 aliphatic heterocycles. The predicted molar refractivity (Wildman–Crippen MR) is 89.3 cm³/mol. The maximum Gasteiger partial charge on any atom is 0.0587 e. The second-order valence-electron chi connectivity index (χ2n) is 5.20. The lowest BCUT2D eigenvalue weighted by molar-refractivity contribution is 0.123. The standard InChI is InChI=1S/C17H28ClNO2/c1-3-4-10-21-11-8-16(14-19-9-12-20-2)15-6-5-7-17(18)13-15/h5-7,13,16,19H,3-4,8-12,14H2,1-2H3. The van der Waals surface area contributed by atoms with E-state index < -0.39 is 0 Å². The molecule has 0 saturated heterocycles. The molecule has 1 rings (SSSR count). The van der Waals surface area contributed by atoms with Gasteiger partial charge in [0.1, 0.15) is 0 Å². The van der Waals surface area contributed by atoms with Gasteiger partial charge in [-0.25, -0.2) is 0 Å². The molecule has 1 N–H and O–H groups in total. The van der Waals surface area contributed by atoms with Gasteiger partial charge in [0, 0.05) is 38.4 Å². The van der Waals surface area contributed by atoms with Crippen molar-refractivity contribution in [1.29, 1.82) is 0 Å². The van der Waals surface area contributed by atoms with Crippen molar-refractivity contribution >= 4 is 11.6 Å². The van der Waals surface area contributed by atoms with Crippen molar-refractivity contribution in [1.82, 2.24) is 5.32 Å². The second-order valence-corrected chi connectivity index (χ2v) is 5.64. The van der Waals surface area contributed by atoms with Gasteiger partial charge in [-0.2, -0.15) is 0 Å². The number of hydrogen-bond acceptors (Lipinski definition) is 3. The molecule has 0 heterocycles. The Morgan fingerprint density at radius 2 is 2.10 bits per heavy atom. The number of halogens is 1. The third-order valence-corrected chi connectivity index (χ3v) is 3.68. The minimum atomic E-state index is 0.419. The average molecular weight is 314 g/mol. The fourth-order valence-corrected chi connectivity index (χ4v) is 2.37. The van der Waals surface area contributed by atoms with Crippen LogP contribution in [0.5, 0.6) is 0 Å². The van der Waals surface area contributed by atoms with Crippen LogP contribution in [0.2, 0.25) is 5.02 Å². The molecule has 21 heavy (non-hydrogen) atoms. The molecule has 0 spiro atoms. The number of benzene rings is 1. The Balaban J connectivity index is 2.45. The molecule has 1 atom stereocenters. The van der Waals surface area contributed by atoms with Gasteiger partial charge in [0.2, 0.25) is 0 Å². The number of methoxy groups -OCH3 is 1. The molecule has 0 radical (unpaired) electrons. The summed E-state index contributed by atoms with van der Waals surface area (Å²) in [4.78, 5) is 0. The zero-order chi connectivity index (χ0) is 15.3. The molecule has 4 heteroatoms. The minimum absolute atomic E-state index is 0.419. The number of hydrogen-bond donors (Lipinski definition) is 1. The van der Waals surface area contributed by atoms with Crippen LogP contribution in [0, 0.1) is 0 Å². The van der Waals surface area contributed by atoms with Crippen molar-refractivity contribution < 1.29 is 9.47 Å². The van der Waals surface area contributed by atoms with Crippen LogP contribution < -0.4 is 5.32 Å². The van der Waals surface area contributed by atoms with E-state index in [1.54, 1.807) is 7.11 Å². The Labute approximate surface area is 134 Å². The summed E-state index contributed by atoms with van der Waals surface area (Å²) in [6.07, 6.45) is 3.31. The highest BCUT2D eigenvalue weighted by Gasteiger charge is 2.11. The normalized spacial score (nSPS) is 12.5. The largest absolute Gasteiger partial charge is 0.383 e. The van der Waals surface area contributed by atoms with E-state index in [1.165, 1.54) is 12.0 Å².